The highest BCUT2D eigenvalue weighted by Crippen LogP contribution is 2.39. The number of methoxy groups -OCH3 is 1. The number of β-lactam (4-membered cyclic amide) rings is 1. The highest BCUT2D eigenvalue weighted by atomic mass is 16.5. The third-order valence-electron chi connectivity index (χ3n) is 4.02. The summed E-state index contributed by atoms with van der Waals surface area (Å²) in [5.74, 6) is 1.49. The lowest BCUT2D eigenvalue weighted by molar-refractivity contribution is -0.126. The maximum atomic E-state index is 12.2. The minimum Gasteiger partial charge on any atom is -0.497 e. The SMILES string of the molecule is CCOc1ccc(N2C(=O)[C@@H](N)[C@@H]2c2ccc(OC)cc2)cc1. The van der Waals surface area contributed by atoms with Gasteiger partial charge in [0.1, 0.15) is 17.5 Å². The molecule has 1 aliphatic heterocycles. The molecule has 0 aliphatic carbocycles. The van der Waals surface area contributed by atoms with Crippen molar-refractivity contribution >= 4 is 11.6 Å². The van der Waals surface area contributed by atoms with Gasteiger partial charge in [0.05, 0.1) is 19.8 Å². The predicted molar refractivity (Wildman–Crippen MR) is 88.8 cm³/mol. The monoisotopic (exact) mass is 312 g/mol. The van der Waals surface area contributed by atoms with Crippen LogP contribution in [0.25, 0.3) is 0 Å². The van der Waals surface area contributed by atoms with Gasteiger partial charge in [0.2, 0.25) is 5.91 Å². The van der Waals surface area contributed by atoms with Gasteiger partial charge in [-0.2, -0.15) is 0 Å². The Bertz CT molecular complexity index is 682. The van der Waals surface area contributed by atoms with Gasteiger partial charge in [-0.25, -0.2) is 0 Å². The van der Waals surface area contributed by atoms with E-state index in [4.69, 9.17) is 15.2 Å². The molecule has 1 heterocycles. The lowest BCUT2D eigenvalue weighted by Gasteiger charge is -2.45. The third-order valence-corrected chi connectivity index (χ3v) is 4.02. The molecule has 0 radical (unpaired) electrons. The summed E-state index contributed by atoms with van der Waals surface area (Å²) in [6, 6.07) is 14.4. The molecule has 1 saturated heterocycles. The molecule has 3 rings (SSSR count). The number of rotatable bonds is 5. The average molecular weight is 312 g/mol. The van der Waals surface area contributed by atoms with Gasteiger partial charge < -0.3 is 20.1 Å². The molecule has 1 amide bonds. The van der Waals surface area contributed by atoms with E-state index in [1.807, 2.05) is 55.5 Å². The second-order valence-corrected chi connectivity index (χ2v) is 5.38. The summed E-state index contributed by atoms with van der Waals surface area (Å²) < 4.78 is 10.6. The van der Waals surface area contributed by atoms with Gasteiger partial charge in [0, 0.05) is 5.69 Å². The summed E-state index contributed by atoms with van der Waals surface area (Å²) in [4.78, 5) is 13.9. The molecule has 2 aromatic rings. The standard InChI is InChI=1S/C18H20N2O3/c1-3-23-15-10-6-13(7-11-15)20-17(16(19)18(20)21)12-4-8-14(22-2)9-5-12/h4-11,16-17H,3,19H2,1-2H3/t16-,17-/m0/s1. The molecule has 0 saturated carbocycles. The molecular weight excluding hydrogens is 292 g/mol. The number of nitrogens with zero attached hydrogens (tertiary/aromatic N) is 1. The summed E-state index contributed by atoms with van der Waals surface area (Å²) in [6.45, 7) is 2.55. The highest BCUT2D eigenvalue weighted by Gasteiger charge is 2.46. The third kappa shape index (κ3) is 2.75. The van der Waals surface area contributed by atoms with E-state index >= 15 is 0 Å². The fourth-order valence-corrected chi connectivity index (χ4v) is 2.83. The fourth-order valence-electron chi connectivity index (χ4n) is 2.83. The number of carbonyl (C=O) groups is 1. The number of carbonyl (C=O) groups excluding carboxylic acids is 1. The van der Waals surface area contributed by atoms with Crippen molar-refractivity contribution in [2.24, 2.45) is 5.73 Å². The van der Waals surface area contributed by atoms with Gasteiger partial charge in [0.25, 0.3) is 0 Å². The summed E-state index contributed by atoms with van der Waals surface area (Å²) >= 11 is 0. The molecule has 5 heteroatoms. The first-order chi connectivity index (χ1) is 11.2. The van der Waals surface area contributed by atoms with E-state index in [1.54, 1.807) is 12.0 Å². The summed E-state index contributed by atoms with van der Waals surface area (Å²) in [5, 5.41) is 0. The Morgan fingerprint density at radius 1 is 1.04 bits per heavy atom. The smallest absolute Gasteiger partial charge is 0.247 e. The van der Waals surface area contributed by atoms with Crippen LogP contribution in [-0.4, -0.2) is 25.7 Å². The normalized spacial score (nSPS) is 20.1. The first-order valence-corrected chi connectivity index (χ1v) is 7.61. The quantitative estimate of drug-likeness (QED) is 0.862. The number of amides is 1. The van der Waals surface area contributed by atoms with Crippen molar-refractivity contribution in [3.63, 3.8) is 0 Å². The zero-order valence-electron chi connectivity index (χ0n) is 13.2. The van der Waals surface area contributed by atoms with E-state index in [-0.39, 0.29) is 11.9 Å². The number of benzene rings is 2. The predicted octanol–water partition coefficient (Wildman–Crippen LogP) is 2.51. The van der Waals surface area contributed by atoms with E-state index in [1.165, 1.54) is 0 Å². The van der Waals surface area contributed by atoms with Crippen LogP contribution >= 0.6 is 0 Å². The van der Waals surface area contributed by atoms with Crippen LogP contribution in [0, 0.1) is 0 Å². The van der Waals surface area contributed by atoms with Gasteiger partial charge in [-0.05, 0) is 48.9 Å². The zero-order chi connectivity index (χ0) is 16.4. The van der Waals surface area contributed by atoms with Crippen molar-refractivity contribution in [1.29, 1.82) is 0 Å². The van der Waals surface area contributed by atoms with Crippen molar-refractivity contribution in [3.05, 3.63) is 54.1 Å². The van der Waals surface area contributed by atoms with Crippen molar-refractivity contribution < 1.29 is 14.3 Å². The van der Waals surface area contributed by atoms with Crippen LogP contribution in [0.3, 0.4) is 0 Å². The second kappa shape index (κ2) is 6.30. The molecule has 0 unspecified atom stereocenters. The van der Waals surface area contributed by atoms with Crippen LogP contribution < -0.4 is 20.1 Å². The molecule has 23 heavy (non-hydrogen) atoms. The Balaban J connectivity index is 1.85. The minimum atomic E-state index is -0.519. The number of anilines is 1. The Morgan fingerprint density at radius 3 is 2.22 bits per heavy atom. The van der Waals surface area contributed by atoms with Crippen LogP contribution in [0.2, 0.25) is 0 Å². The molecule has 1 aliphatic rings. The van der Waals surface area contributed by atoms with Gasteiger partial charge in [-0.3, -0.25) is 4.79 Å². The Labute approximate surface area is 135 Å². The topological polar surface area (TPSA) is 64.8 Å². The molecule has 2 N–H and O–H groups in total. The molecular formula is C18H20N2O3. The molecule has 0 aromatic heterocycles. The van der Waals surface area contributed by atoms with E-state index in [9.17, 15) is 4.79 Å². The molecule has 120 valence electrons. The lowest BCUT2D eigenvalue weighted by Crippen LogP contribution is -2.63. The maximum absolute atomic E-state index is 12.2. The average Bonchev–Trinajstić information content (AvgIpc) is 2.60. The second-order valence-electron chi connectivity index (χ2n) is 5.38. The van der Waals surface area contributed by atoms with Crippen LogP contribution in [0.15, 0.2) is 48.5 Å². The zero-order valence-corrected chi connectivity index (χ0v) is 13.2. The number of ether oxygens (including phenoxy) is 2. The maximum Gasteiger partial charge on any atom is 0.247 e. The van der Waals surface area contributed by atoms with Crippen LogP contribution in [-0.2, 0) is 4.79 Å². The van der Waals surface area contributed by atoms with E-state index in [0.717, 1.165) is 22.7 Å². The van der Waals surface area contributed by atoms with Crippen molar-refractivity contribution in [3.8, 4) is 11.5 Å². The molecule has 5 nitrogen and oxygen atoms in total. The Morgan fingerprint density at radius 2 is 1.65 bits per heavy atom. The van der Waals surface area contributed by atoms with E-state index in [0.29, 0.717) is 6.61 Å². The largest absolute Gasteiger partial charge is 0.497 e. The Kier molecular flexibility index (Phi) is 4.21. The lowest BCUT2D eigenvalue weighted by atomic mass is 9.88. The number of hydrogen-bond acceptors (Lipinski definition) is 4. The van der Waals surface area contributed by atoms with Gasteiger partial charge in [-0.1, -0.05) is 12.1 Å². The number of hydrogen-bond donors (Lipinski definition) is 1. The highest BCUT2D eigenvalue weighted by molar-refractivity contribution is 6.05. The van der Waals surface area contributed by atoms with Crippen molar-refractivity contribution in [2.45, 2.75) is 19.0 Å². The van der Waals surface area contributed by atoms with Crippen LogP contribution in [0.5, 0.6) is 11.5 Å². The molecule has 2 atom stereocenters. The summed E-state index contributed by atoms with van der Waals surface area (Å²) in [5.41, 5.74) is 7.84. The Hall–Kier alpha value is -2.53. The first kappa shape index (κ1) is 15.4. The number of nitrogens with two attached hydrogens (primary N) is 1. The van der Waals surface area contributed by atoms with E-state index in [2.05, 4.69) is 0 Å². The van der Waals surface area contributed by atoms with Crippen LogP contribution in [0.1, 0.15) is 18.5 Å². The van der Waals surface area contributed by atoms with Crippen molar-refractivity contribution in [1.82, 2.24) is 0 Å². The van der Waals surface area contributed by atoms with Crippen molar-refractivity contribution in [2.75, 3.05) is 18.6 Å². The van der Waals surface area contributed by atoms with Gasteiger partial charge in [-0.15, -0.1) is 0 Å². The molecule has 1 fully saturated rings. The van der Waals surface area contributed by atoms with Gasteiger partial charge >= 0.3 is 0 Å². The van der Waals surface area contributed by atoms with Gasteiger partial charge in [0.15, 0.2) is 0 Å². The fraction of sp³-hybridized carbons (Fsp3) is 0.278. The molecule has 2 aromatic carbocycles. The first-order valence-electron chi connectivity index (χ1n) is 7.61. The molecule has 0 bridgehead atoms. The minimum absolute atomic E-state index is 0.0741. The summed E-state index contributed by atoms with van der Waals surface area (Å²) in [7, 11) is 1.62. The van der Waals surface area contributed by atoms with Crippen LogP contribution in [0.4, 0.5) is 5.69 Å². The molecule has 0 spiro atoms. The summed E-state index contributed by atoms with van der Waals surface area (Å²) in [6.07, 6.45) is 0. The van der Waals surface area contributed by atoms with E-state index < -0.39 is 6.04 Å².